The second-order valence-corrected chi connectivity index (χ2v) is 6.55. The number of methoxy groups -OCH3 is 1. The molecule has 4 heteroatoms. The first-order valence-corrected chi connectivity index (χ1v) is 8.03. The molecule has 0 spiro atoms. The van der Waals surface area contributed by atoms with Crippen LogP contribution in [-0.4, -0.2) is 33.4 Å². The highest BCUT2D eigenvalue weighted by molar-refractivity contribution is 9.10. The minimum Gasteiger partial charge on any atom is -0.493 e. The summed E-state index contributed by atoms with van der Waals surface area (Å²) >= 11 is 3.61. The van der Waals surface area contributed by atoms with Gasteiger partial charge in [0.2, 0.25) is 0 Å². The van der Waals surface area contributed by atoms with Crippen molar-refractivity contribution in [2.75, 3.05) is 27.4 Å². The molecule has 0 saturated heterocycles. The molecule has 0 bridgehead atoms. The van der Waals surface area contributed by atoms with Crippen LogP contribution < -0.4 is 10.1 Å². The van der Waals surface area contributed by atoms with Crippen molar-refractivity contribution in [2.45, 2.75) is 32.2 Å². The molecule has 0 fully saturated rings. The summed E-state index contributed by atoms with van der Waals surface area (Å²) in [7, 11) is 3.79. The molecule has 2 unspecified atom stereocenters. The van der Waals surface area contributed by atoms with Crippen molar-refractivity contribution in [1.82, 2.24) is 5.32 Å². The summed E-state index contributed by atoms with van der Waals surface area (Å²) in [6, 6.07) is 4.81. The Morgan fingerprint density at radius 2 is 2.25 bits per heavy atom. The Bertz CT molecular complexity index is 450. The van der Waals surface area contributed by atoms with Crippen LogP contribution in [-0.2, 0) is 17.6 Å². The van der Waals surface area contributed by atoms with E-state index in [-0.39, 0.29) is 0 Å². The highest BCUT2D eigenvalue weighted by atomic mass is 79.9. The number of rotatable bonds is 7. The Kier molecular flexibility index (Phi) is 5.87. The number of benzene rings is 1. The number of ether oxygens (including phenoxy) is 2. The predicted molar refractivity (Wildman–Crippen MR) is 85.5 cm³/mol. The van der Waals surface area contributed by atoms with Crippen molar-refractivity contribution in [3.05, 3.63) is 27.7 Å². The highest BCUT2D eigenvalue weighted by Crippen LogP contribution is 2.34. The van der Waals surface area contributed by atoms with Crippen molar-refractivity contribution in [2.24, 2.45) is 5.92 Å². The first-order valence-electron chi connectivity index (χ1n) is 7.24. The number of hydrogen-bond donors (Lipinski definition) is 1. The van der Waals surface area contributed by atoms with E-state index in [0.29, 0.717) is 12.0 Å². The van der Waals surface area contributed by atoms with Gasteiger partial charge in [0.05, 0.1) is 6.61 Å². The maximum atomic E-state index is 5.81. The van der Waals surface area contributed by atoms with E-state index in [1.54, 1.807) is 7.11 Å². The number of nitrogens with one attached hydrogen (secondary N) is 1. The molecule has 1 N–H and O–H groups in total. The van der Waals surface area contributed by atoms with Crippen LogP contribution in [0.1, 0.15) is 24.5 Å². The van der Waals surface area contributed by atoms with Crippen LogP contribution in [0.4, 0.5) is 0 Å². The van der Waals surface area contributed by atoms with Crippen LogP contribution in [0.25, 0.3) is 0 Å². The quantitative estimate of drug-likeness (QED) is 0.826. The summed E-state index contributed by atoms with van der Waals surface area (Å²) in [5.41, 5.74) is 2.63. The second kappa shape index (κ2) is 7.43. The van der Waals surface area contributed by atoms with Crippen LogP contribution in [0.2, 0.25) is 0 Å². The van der Waals surface area contributed by atoms with Gasteiger partial charge in [0.25, 0.3) is 0 Å². The molecule has 112 valence electrons. The molecule has 1 aromatic rings. The van der Waals surface area contributed by atoms with Crippen LogP contribution in [0, 0.1) is 5.92 Å². The highest BCUT2D eigenvalue weighted by Gasteiger charge is 2.20. The summed E-state index contributed by atoms with van der Waals surface area (Å²) in [5.74, 6) is 1.66. The van der Waals surface area contributed by atoms with Gasteiger partial charge in [-0.2, -0.15) is 0 Å². The standard InChI is InChI=1S/C16H24BrNO2/c1-11(10-19-3)6-15(18-2)9-13-8-14(17)7-12-4-5-20-16(12)13/h7-8,11,15,18H,4-6,9-10H2,1-3H3. The zero-order chi connectivity index (χ0) is 14.5. The fourth-order valence-electron chi connectivity index (χ4n) is 2.90. The molecule has 2 rings (SSSR count). The monoisotopic (exact) mass is 341 g/mol. The van der Waals surface area contributed by atoms with Crippen LogP contribution in [0.3, 0.4) is 0 Å². The SMILES string of the molecule is CNC(Cc1cc(Br)cc2c1OCC2)CC(C)COC. The molecule has 1 aromatic carbocycles. The van der Waals surface area contributed by atoms with Crippen molar-refractivity contribution < 1.29 is 9.47 Å². The van der Waals surface area contributed by atoms with Gasteiger partial charge in [-0.1, -0.05) is 22.9 Å². The third kappa shape index (κ3) is 3.96. The molecule has 1 heterocycles. The van der Waals surface area contributed by atoms with Crippen molar-refractivity contribution in [3.8, 4) is 5.75 Å². The molecule has 3 nitrogen and oxygen atoms in total. The molecular weight excluding hydrogens is 318 g/mol. The summed E-state index contributed by atoms with van der Waals surface area (Å²) < 4.78 is 12.2. The second-order valence-electron chi connectivity index (χ2n) is 5.64. The summed E-state index contributed by atoms with van der Waals surface area (Å²) in [5, 5.41) is 3.42. The molecule has 1 aliphatic heterocycles. The maximum Gasteiger partial charge on any atom is 0.125 e. The van der Waals surface area contributed by atoms with Gasteiger partial charge in [-0.3, -0.25) is 0 Å². The topological polar surface area (TPSA) is 30.5 Å². The molecule has 0 aliphatic carbocycles. The molecule has 2 atom stereocenters. The minimum absolute atomic E-state index is 0.447. The molecule has 0 amide bonds. The zero-order valence-corrected chi connectivity index (χ0v) is 14.1. The number of fused-ring (bicyclic) bond motifs is 1. The van der Waals surface area contributed by atoms with Gasteiger partial charge in [-0.05, 0) is 49.1 Å². The van der Waals surface area contributed by atoms with Gasteiger partial charge in [0.15, 0.2) is 0 Å². The molecule has 1 aliphatic rings. The van der Waals surface area contributed by atoms with Gasteiger partial charge in [0.1, 0.15) is 5.75 Å². The van der Waals surface area contributed by atoms with E-state index in [9.17, 15) is 0 Å². The summed E-state index contributed by atoms with van der Waals surface area (Å²) in [6.45, 7) is 3.85. The Balaban J connectivity index is 2.08. The van der Waals surface area contributed by atoms with Gasteiger partial charge in [-0.15, -0.1) is 0 Å². The Labute approximate surface area is 130 Å². The summed E-state index contributed by atoms with van der Waals surface area (Å²) in [6.07, 6.45) is 3.12. The molecular formula is C16H24BrNO2. The Morgan fingerprint density at radius 3 is 2.95 bits per heavy atom. The zero-order valence-electron chi connectivity index (χ0n) is 12.5. The Hall–Kier alpha value is -0.580. The number of halogens is 1. The van der Waals surface area contributed by atoms with Crippen LogP contribution in [0.5, 0.6) is 5.75 Å². The molecule has 0 aromatic heterocycles. The van der Waals surface area contributed by atoms with E-state index in [4.69, 9.17) is 9.47 Å². The fourth-order valence-corrected chi connectivity index (χ4v) is 3.46. The fraction of sp³-hybridized carbons (Fsp3) is 0.625. The smallest absolute Gasteiger partial charge is 0.125 e. The molecule has 0 saturated carbocycles. The summed E-state index contributed by atoms with van der Waals surface area (Å²) in [4.78, 5) is 0. The van der Waals surface area contributed by atoms with Gasteiger partial charge >= 0.3 is 0 Å². The van der Waals surface area contributed by atoms with Crippen molar-refractivity contribution >= 4 is 15.9 Å². The third-order valence-electron chi connectivity index (χ3n) is 3.84. The lowest BCUT2D eigenvalue weighted by molar-refractivity contribution is 0.150. The molecule has 0 radical (unpaired) electrons. The maximum absolute atomic E-state index is 5.81. The average Bonchev–Trinajstić information content (AvgIpc) is 2.86. The van der Waals surface area contributed by atoms with E-state index in [1.807, 2.05) is 7.05 Å². The lowest BCUT2D eigenvalue weighted by Gasteiger charge is -2.21. The van der Waals surface area contributed by atoms with Crippen LogP contribution in [0.15, 0.2) is 16.6 Å². The van der Waals surface area contributed by atoms with E-state index < -0.39 is 0 Å². The predicted octanol–water partition coefficient (Wildman–Crippen LogP) is 3.19. The first-order chi connectivity index (χ1) is 9.63. The lowest BCUT2D eigenvalue weighted by atomic mass is 9.95. The van der Waals surface area contributed by atoms with Crippen molar-refractivity contribution in [3.63, 3.8) is 0 Å². The van der Waals surface area contributed by atoms with E-state index in [0.717, 1.165) is 42.7 Å². The normalized spacial score (nSPS) is 16.6. The van der Waals surface area contributed by atoms with Gasteiger partial charge < -0.3 is 14.8 Å². The number of hydrogen-bond acceptors (Lipinski definition) is 3. The Morgan fingerprint density at radius 1 is 1.45 bits per heavy atom. The van der Waals surface area contributed by atoms with Crippen LogP contribution >= 0.6 is 15.9 Å². The van der Waals surface area contributed by atoms with Gasteiger partial charge in [0, 0.05) is 30.7 Å². The molecule has 20 heavy (non-hydrogen) atoms. The largest absolute Gasteiger partial charge is 0.493 e. The van der Waals surface area contributed by atoms with E-state index >= 15 is 0 Å². The lowest BCUT2D eigenvalue weighted by Crippen LogP contribution is -2.30. The minimum atomic E-state index is 0.447. The number of likely N-dealkylation sites (N-methyl/N-ethyl adjacent to an activating group) is 1. The average molecular weight is 342 g/mol. The third-order valence-corrected chi connectivity index (χ3v) is 4.30. The first kappa shape index (κ1) is 15.8. The van der Waals surface area contributed by atoms with E-state index in [2.05, 4.69) is 40.3 Å². The van der Waals surface area contributed by atoms with Gasteiger partial charge in [-0.25, -0.2) is 0 Å². The van der Waals surface area contributed by atoms with Crippen molar-refractivity contribution in [1.29, 1.82) is 0 Å². The van der Waals surface area contributed by atoms with E-state index in [1.165, 1.54) is 11.1 Å².